The molecule has 2 aliphatic rings. The number of hydrogen-bond acceptors (Lipinski definition) is 3. The van der Waals surface area contributed by atoms with Crippen LogP contribution in [0.2, 0.25) is 0 Å². The van der Waals surface area contributed by atoms with E-state index in [0.717, 1.165) is 38.5 Å². The molecule has 0 amide bonds. The number of piperidine rings is 1. The summed E-state index contributed by atoms with van der Waals surface area (Å²) in [4.78, 5) is 7.00. The first-order chi connectivity index (χ1) is 9.65. The predicted molar refractivity (Wildman–Crippen MR) is 82.9 cm³/mol. The Morgan fingerprint density at radius 3 is 3.00 bits per heavy atom. The highest BCUT2D eigenvalue weighted by Crippen LogP contribution is 2.17. The molecular weight excluding hydrogens is 252 g/mol. The number of rotatable bonds is 5. The van der Waals surface area contributed by atoms with E-state index in [-0.39, 0.29) is 0 Å². The number of nitrogens with zero attached hydrogens (tertiary/aromatic N) is 2. The molecule has 2 rings (SSSR count). The second kappa shape index (κ2) is 7.84. The topological polar surface area (TPSA) is 62.9 Å². The zero-order valence-corrected chi connectivity index (χ0v) is 13.0. The predicted octanol–water partition coefficient (Wildman–Crippen LogP) is 1.19. The number of likely N-dealkylation sites (tertiary alicyclic amines) is 1. The van der Waals surface area contributed by atoms with Gasteiger partial charge in [-0.15, -0.1) is 0 Å². The van der Waals surface area contributed by atoms with Crippen molar-refractivity contribution >= 4 is 5.96 Å². The minimum absolute atomic E-state index is 0.309. The fourth-order valence-corrected chi connectivity index (χ4v) is 3.05. The summed E-state index contributed by atoms with van der Waals surface area (Å²) in [7, 11) is 0. The maximum Gasteiger partial charge on any atom is 0.188 e. The molecule has 3 N–H and O–H groups in total. The van der Waals surface area contributed by atoms with Gasteiger partial charge in [0, 0.05) is 25.7 Å². The van der Waals surface area contributed by atoms with Crippen LogP contribution < -0.4 is 11.1 Å². The molecule has 3 unspecified atom stereocenters. The largest absolute Gasteiger partial charge is 0.376 e. The number of nitrogens with two attached hydrogens (primary N) is 1. The molecule has 0 aromatic heterocycles. The van der Waals surface area contributed by atoms with Crippen LogP contribution >= 0.6 is 0 Å². The van der Waals surface area contributed by atoms with Crippen LogP contribution in [-0.4, -0.2) is 55.8 Å². The van der Waals surface area contributed by atoms with Crippen LogP contribution in [0, 0.1) is 5.92 Å². The summed E-state index contributed by atoms with van der Waals surface area (Å²) in [6, 6.07) is 0.473. The van der Waals surface area contributed by atoms with E-state index in [1.54, 1.807) is 0 Å². The first-order valence-electron chi connectivity index (χ1n) is 8.04. The van der Waals surface area contributed by atoms with Crippen molar-refractivity contribution in [3.05, 3.63) is 0 Å². The van der Waals surface area contributed by atoms with E-state index in [1.807, 2.05) is 0 Å². The van der Waals surface area contributed by atoms with E-state index in [9.17, 15) is 0 Å². The van der Waals surface area contributed by atoms with Gasteiger partial charge in [0.15, 0.2) is 5.96 Å². The van der Waals surface area contributed by atoms with Gasteiger partial charge < -0.3 is 15.8 Å². The van der Waals surface area contributed by atoms with Gasteiger partial charge in [-0.1, -0.05) is 6.92 Å². The van der Waals surface area contributed by atoms with Gasteiger partial charge in [0.1, 0.15) is 0 Å². The minimum atomic E-state index is 0.309. The van der Waals surface area contributed by atoms with Crippen LogP contribution in [0.15, 0.2) is 4.99 Å². The third-order valence-electron chi connectivity index (χ3n) is 4.37. The third-order valence-corrected chi connectivity index (χ3v) is 4.37. The quantitative estimate of drug-likeness (QED) is 0.587. The Kier molecular flexibility index (Phi) is 6.10. The summed E-state index contributed by atoms with van der Waals surface area (Å²) in [5.74, 6) is 1.36. The van der Waals surface area contributed by atoms with Gasteiger partial charge in [-0.2, -0.15) is 0 Å². The van der Waals surface area contributed by atoms with E-state index in [1.165, 1.54) is 25.9 Å². The summed E-state index contributed by atoms with van der Waals surface area (Å²) in [5, 5.41) is 3.18. The van der Waals surface area contributed by atoms with Crippen LogP contribution in [0.4, 0.5) is 0 Å². The first kappa shape index (κ1) is 15.6. The van der Waals surface area contributed by atoms with E-state index in [4.69, 9.17) is 10.5 Å². The van der Waals surface area contributed by atoms with Gasteiger partial charge in [0.25, 0.3) is 0 Å². The Morgan fingerprint density at radius 1 is 1.45 bits per heavy atom. The van der Waals surface area contributed by atoms with Crippen LogP contribution in [0.1, 0.15) is 39.5 Å². The molecule has 0 radical (unpaired) electrons. The molecule has 0 bridgehead atoms. The van der Waals surface area contributed by atoms with Crippen LogP contribution in [0.5, 0.6) is 0 Å². The fourth-order valence-electron chi connectivity index (χ4n) is 3.05. The maximum atomic E-state index is 5.92. The van der Waals surface area contributed by atoms with E-state index in [2.05, 4.69) is 29.1 Å². The Bertz CT molecular complexity index is 315. The number of nitrogens with one attached hydrogen (secondary N) is 1. The number of aliphatic imine (C=N–C) groups is 1. The summed E-state index contributed by atoms with van der Waals surface area (Å²) in [6.45, 7) is 9.41. The second-order valence-electron chi connectivity index (χ2n) is 6.33. The zero-order valence-electron chi connectivity index (χ0n) is 13.0. The third kappa shape index (κ3) is 4.94. The summed E-state index contributed by atoms with van der Waals surface area (Å²) >= 11 is 0. The molecule has 2 aliphatic heterocycles. The van der Waals surface area contributed by atoms with Crippen LogP contribution in [-0.2, 0) is 4.74 Å². The minimum Gasteiger partial charge on any atom is -0.376 e. The number of ether oxygens (including phenoxy) is 1. The van der Waals surface area contributed by atoms with Crippen LogP contribution in [0.25, 0.3) is 0 Å². The van der Waals surface area contributed by atoms with Gasteiger partial charge in [-0.25, -0.2) is 0 Å². The Labute approximate surface area is 122 Å². The normalized spacial score (nSPS) is 30.4. The lowest BCUT2D eigenvalue weighted by molar-refractivity contribution is 0.114. The lowest BCUT2D eigenvalue weighted by Crippen LogP contribution is -2.43. The lowest BCUT2D eigenvalue weighted by atomic mass is 9.99. The number of guanidine groups is 1. The van der Waals surface area contributed by atoms with Gasteiger partial charge in [0.2, 0.25) is 0 Å². The molecule has 2 heterocycles. The molecule has 5 nitrogen and oxygen atoms in total. The second-order valence-corrected chi connectivity index (χ2v) is 6.33. The summed E-state index contributed by atoms with van der Waals surface area (Å²) < 4.78 is 5.55. The van der Waals surface area contributed by atoms with E-state index in [0.29, 0.717) is 18.1 Å². The fraction of sp³-hybridized carbons (Fsp3) is 0.933. The van der Waals surface area contributed by atoms with E-state index < -0.39 is 0 Å². The van der Waals surface area contributed by atoms with Crippen molar-refractivity contribution in [2.24, 2.45) is 16.6 Å². The molecule has 0 spiro atoms. The average Bonchev–Trinajstić information content (AvgIpc) is 2.95. The van der Waals surface area contributed by atoms with Crippen molar-refractivity contribution in [2.45, 2.75) is 51.7 Å². The monoisotopic (exact) mass is 282 g/mol. The summed E-state index contributed by atoms with van der Waals surface area (Å²) in [5.41, 5.74) is 5.92. The lowest BCUT2D eigenvalue weighted by Gasteiger charge is -2.34. The Morgan fingerprint density at radius 2 is 2.30 bits per heavy atom. The van der Waals surface area contributed by atoms with Crippen LogP contribution in [0.3, 0.4) is 0 Å². The smallest absolute Gasteiger partial charge is 0.188 e. The van der Waals surface area contributed by atoms with Crippen molar-refractivity contribution < 1.29 is 4.74 Å². The van der Waals surface area contributed by atoms with E-state index >= 15 is 0 Å². The SMILES string of the molecule is CC1CCCN(C(C)CN=C(N)NCC2CCCO2)C1. The van der Waals surface area contributed by atoms with Crippen molar-refractivity contribution in [1.82, 2.24) is 10.2 Å². The standard InChI is InChI=1S/C15H30N4O/c1-12-5-3-7-19(11-12)13(2)9-17-15(16)18-10-14-6-4-8-20-14/h12-14H,3-11H2,1-2H3,(H3,16,17,18). The molecule has 0 aromatic carbocycles. The van der Waals surface area contributed by atoms with Gasteiger partial charge in [0.05, 0.1) is 12.6 Å². The summed E-state index contributed by atoms with van der Waals surface area (Å²) in [6.07, 6.45) is 5.26. The average molecular weight is 282 g/mol. The highest BCUT2D eigenvalue weighted by Gasteiger charge is 2.20. The molecule has 20 heavy (non-hydrogen) atoms. The maximum absolute atomic E-state index is 5.92. The van der Waals surface area contributed by atoms with Gasteiger partial charge >= 0.3 is 0 Å². The van der Waals surface area contributed by atoms with Gasteiger partial charge in [-0.05, 0) is 45.1 Å². The molecule has 2 fully saturated rings. The molecule has 5 heteroatoms. The first-order valence-corrected chi connectivity index (χ1v) is 8.04. The highest BCUT2D eigenvalue weighted by atomic mass is 16.5. The molecule has 0 saturated carbocycles. The number of hydrogen-bond donors (Lipinski definition) is 2. The Balaban J connectivity index is 1.67. The molecule has 0 aromatic rings. The van der Waals surface area contributed by atoms with Crippen molar-refractivity contribution in [1.29, 1.82) is 0 Å². The Hall–Kier alpha value is -0.810. The van der Waals surface area contributed by atoms with Gasteiger partial charge in [-0.3, -0.25) is 9.89 Å². The molecule has 116 valence electrons. The molecule has 3 atom stereocenters. The van der Waals surface area contributed by atoms with Crippen molar-refractivity contribution in [3.63, 3.8) is 0 Å². The van der Waals surface area contributed by atoms with Crippen molar-refractivity contribution in [3.8, 4) is 0 Å². The molecule has 2 saturated heterocycles. The molecule has 0 aliphatic carbocycles. The van der Waals surface area contributed by atoms with Crippen molar-refractivity contribution in [2.75, 3.05) is 32.8 Å². The molecular formula is C15H30N4O. The zero-order chi connectivity index (χ0) is 14.4. The highest BCUT2D eigenvalue weighted by molar-refractivity contribution is 5.77.